The summed E-state index contributed by atoms with van der Waals surface area (Å²) in [4.78, 5) is 25.3. The molecule has 2 rings (SSSR count). The Hall–Kier alpha value is -1.55. The summed E-state index contributed by atoms with van der Waals surface area (Å²) in [7, 11) is 0. The Morgan fingerprint density at radius 1 is 1.40 bits per heavy atom. The third kappa shape index (κ3) is 3.12. The second kappa shape index (κ2) is 6.27. The number of rotatable bonds is 4. The van der Waals surface area contributed by atoms with Crippen molar-refractivity contribution < 1.29 is 14.3 Å². The van der Waals surface area contributed by atoms with Crippen LogP contribution in [-0.2, 0) is 16.0 Å². The smallest absolute Gasteiger partial charge is 0.417 e. The van der Waals surface area contributed by atoms with Gasteiger partial charge in [-0.15, -0.1) is 11.6 Å². The molecule has 0 N–H and O–H groups in total. The van der Waals surface area contributed by atoms with Gasteiger partial charge in [-0.3, -0.25) is 4.79 Å². The summed E-state index contributed by atoms with van der Waals surface area (Å²) in [5.41, 5.74) is 0.967. The number of hydrogen-bond acceptors (Lipinski definition) is 3. The monoisotopic (exact) mass is 295 g/mol. The average Bonchev–Trinajstić information content (AvgIpc) is 2.81. The van der Waals surface area contributed by atoms with E-state index in [9.17, 15) is 9.59 Å². The van der Waals surface area contributed by atoms with Crippen LogP contribution < -0.4 is 0 Å². The number of carbonyl (C=O) groups excluding carboxylic acids is 2. The molecule has 1 aliphatic rings. The summed E-state index contributed by atoms with van der Waals surface area (Å²) in [5, 5.41) is -0.760. The van der Waals surface area contributed by atoms with Gasteiger partial charge in [0.2, 0.25) is 0 Å². The largest absolute Gasteiger partial charge is 0.447 e. The van der Waals surface area contributed by atoms with Gasteiger partial charge in [-0.1, -0.05) is 44.2 Å². The van der Waals surface area contributed by atoms with Crippen LogP contribution >= 0.6 is 11.6 Å². The van der Waals surface area contributed by atoms with Gasteiger partial charge in [-0.05, 0) is 17.9 Å². The van der Waals surface area contributed by atoms with Crippen molar-refractivity contribution in [3.8, 4) is 0 Å². The zero-order chi connectivity index (χ0) is 14.7. The molecular weight excluding hydrogens is 278 g/mol. The predicted octanol–water partition coefficient (Wildman–Crippen LogP) is 2.84. The number of alkyl halides is 1. The Labute approximate surface area is 123 Å². The lowest BCUT2D eigenvalue weighted by molar-refractivity contribution is -0.129. The number of hydrogen-bond donors (Lipinski definition) is 0. The number of carbonyl (C=O) groups is 2. The van der Waals surface area contributed by atoms with E-state index in [4.69, 9.17) is 16.3 Å². The van der Waals surface area contributed by atoms with Gasteiger partial charge in [-0.25, -0.2) is 9.69 Å². The van der Waals surface area contributed by atoms with E-state index in [1.165, 1.54) is 4.90 Å². The van der Waals surface area contributed by atoms with Crippen molar-refractivity contribution in [2.45, 2.75) is 31.7 Å². The first kappa shape index (κ1) is 14.9. The number of nitrogens with zero attached hydrogens (tertiary/aromatic N) is 1. The van der Waals surface area contributed by atoms with Gasteiger partial charge in [0.15, 0.2) is 0 Å². The summed E-state index contributed by atoms with van der Waals surface area (Å²) < 4.78 is 4.97. The Kier molecular flexibility index (Phi) is 4.65. The molecule has 0 saturated carbocycles. The fourth-order valence-electron chi connectivity index (χ4n) is 2.24. The maximum atomic E-state index is 12.4. The predicted molar refractivity (Wildman–Crippen MR) is 76.6 cm³/mol. The number of cyclic esters (lactones) is 1. The minimum atomic E-state index is -0.760. The van der Waals surface area contributed by atoms with Crippen molar-refractivity contribution in [2.24, 2.45) is 5.92 Å². The van der Waals surface area contributed by atoms with Gasteiger partial charge in [0, 0.05) is 0 Å². The van der Waals surface area contributed by atoms with Crippen LogP contribution in [0.3, 0.4) is 0 Å². The number of benzene rings is 1. The quantitative estimate of drug-likeness (QED) is 0.803. The summed E-state index contributed by atoms with van der Waals surface area (Å²) in [6, 6.07) is 9.28. The van der Waals surface area contributed by atoms with Crippen LogP contribution in [0.4, 0.5) is 4.79 Å². The normalized spacial score (nSPS) is 20.1. The topological polar surface area (TPSA) is 46.6 Å². The lowest BCUT2D eigenvalue weighted by atomic mass is 10.0. The summed E-state index contributed by atoms with van der Waals surface area (Å²) in [6.45, 7) is 4.15. The summed E-state index contributed by atoms with van der Waals surface area (Å²) in [5.74, 6) is -0.234. The van der Waals surface area contributed by atoms with Gasteiger partial charge in [0.25, 0.3) is 5.91 Å². The van der Waals surface area contributed by atoms with Gasteiger partial charge in [0.1, 0.15) is 12.0 Å². The van der Waals surface area contributed by atoms with E-state index in [1.807, 2.05) is 44.2 Å². The highest BCUT2D eigenvalue weighted by Gasteiger charge is 2.41. The highest BCUT2D eigenvalue weighted by atomic mass is 35.5. The van der Waals surface area contributed by atoms with Gasteiger partial charge < -0.3 is 4.74 Å². The first-order valence-corrected chi connectivity index (χ1v) is 7.12. The zero-order valence-electron chi connectivity index (χ0n) is 11.6. The minimum absolute atomic E-state index is 0.144. The van der Waals surface area contributed by atoms with E-state index in [2.05, 4.69) is 0 Å². The Morgan fingerprint density at radius 3 is 2.65 bits per heavy atom. The van der Waals surface area contributed by atoms with Gasteiger partial charge >= 0.3 is 6.09 Å². The Balaban J connectivity index is 2.07. The molecule has 1 heterocycles. The van der Waals surface area contributed by atoms with Crippen molar-refractivity contribution in [1.29, 1.82) is 0 Å². The summed E-state index contributed by atoms with van der Waals surface area (Å²) >= 11 is 6.18. The van der Waals surface area contributed by atoms with Crippen LogP contribution in [0.15, 0.2) is 30.3 Å². The van der Waals surface area contributed by atoms with E-state index in [1.54, 1.807) is 0 Å². The fourth-order valence-corrected chi connectivity index (χ4v) is 2.52. The highest BCUT2D eigenvalue weighted by molar-refractivity contribution is 6.31. The van der Waals surface area contributed by atoms with Crippen LogP contribution in [-0.4, -0.2) is 34.9 Å². The molecule has 0 aliphatic carbocycles. The molecule has 20 heavy (non-hydrogen) atoms. The number of ether oxygens (including phenoxy) is 1. The molecule has 1 aliphatic heterocycles. The summed E-state index contributed by atoms with van der Waals surface area (Å²) in [6.07, 6.45) is -0.192. The number of amides is 2. The molecule has 1 fully saturated rings. The molecule has 0 aromatic heterocycles. The molecule has 2 atom stereocenters. The van der Waals surface area contributed by atoms with Gasteiger partial charge in [0.05, 0.1) is 6.04 Å². The van der Waals surface area contributed by atoms with E-state index in [0.717, 1.165) is 5.56 Å². The molecule has 108 valence electrons. The molecule has 0 spiro atoms. The Morgan fingerprint density at radius 2 is 2.05 bits per heavy atom. The van der Waals surface area contributed by atoms with Crippen LogP contribution in [0.2, 0.25) is 0 Å². The molecule has 1 aromatic carbocycles. The van der Waals surface area contributed by atoms with Crippen LogP contribution in [0.25, 0.3) is 0 Å². The van der Waals surface area contributed by atoms with E-state index in [0.29, 0.717) is 6.42 Å². The van der Waals surface area contributed by atoms with E-state index < -0.39 is 11.5 Å². The zero-order valence-corrected chi connectivity index (χ0v) is 12.3. The Bertz CT molecular complexity index is 489. The standard InChI is InChI=1S/C15H18ClNO3/c1-10(2)13-9-20-15(19)17(13)14(18)12(16)8-11-6-4-3-5-7-11/h3-7,10,12-13H,8-9H2,1-2H3/t12-,13-/m1/s1. The lowest BCUT2D eigenvalue weighted by Gasteiger charge is -2.24. The first-order valence-electron chi connectivity index (χ1n) is 6.68. The molecule has 5 heteroatoms. The molecule has 0 radical (unpaired) electrons. The molecule has 0 bridgehead atoms. The second-order valence-corrected chi connectivity index (χ2v) is 5.78. The molecular formula is C15H18ClNO3. The maximum absolute atomic E-state index is 12.4. The third-order valence-electron chi connectivity index (χ3n) is 3.44. The first-order chi connectivity index (χ1) is 9.50. The number of halogens is 1. The van der Waals surface area contributed by atoms with Crippen molar-refractivity contribution in [3.63, 3.8) is 0 Å². The lowest BCUT2D eigenvalue weighted by Crippen LogP contribution is -2.45. The fraction of sp³-hybridized carbons (Fsp3) is 0.467. The number of imide groups is 1. The van der Waals surface area contributed by atoms with Crippen LogP contribution in [0, 0.1) is 5.92 Å². The highest BCUT2D eigenvalue weighted by Crippen LogP contribution is 2.22. The molecule has 1 aromatic rings. The average molecular weight is 296 g/mol. The van der Waals surface area contributed by atoms with Crippen molar-refractivity contribution in [2.75, 3.05) is 6.61 Å². The molecule has 4 nitrogen and oxygen atoms in total. The molecule has 0 unspecified atom stereocenters. The second-order valence-electron chi connectivity index (χ2n) is 5.25. The maximum Gasteiger partial charge on any atom is 0.417 e. The SMILES string of the molecule is CC(C)[C@H]1COC(=O)N1C(=O)[C@H](Cl)Cc1ccccc1. The minimum Gasteiger partial charge on any atom is -0.447 e. The van der Waals surface area contributed by atoms with E-state index in [-0.39, 0.29) is 24.5 Å². The third-order valence-corrected chi connectivity index (χ3v) is 3.78. The van der Waals surface area contributed by atoms with Crippen LogP contribution in [0.1, 0.15) is 19.4 Å². The molecule has 2 amide bonds. The van der Waals surface area contributed by atoms with Gasteiger partial charge in [-0.2, -0.15) is 0 Å². The van der Waals surface area contributed by atoms with Crippen molar-refractivity contribution >= 4 is 23.6 Å². The van der Waals surface area contributed by atoms with Crippen molar-refractivity contribution in [3.05, 3.63) is 35.9 Å². The molecule has 1 saturated heterocycles. The van der Waals surface area contributed by atoms with Crippen LogP contribution in [0.5, 0.6) is 0 Å². The van der Waals surface area contributed by atoms with Crippen molar-refractivity contribution in [1.82, 2.24) is 4.90 Å². The van der Waals surface area contributed by atoms with E-state index >= 15 is 0 Å².